The van der Waals surface area contributed by atoms with Crippen LogP contribution in [0, 0.1) is 0 Å². The smallest absolute Gasteiger partial charge is 0.411 e. The Labute approximate surface area is 355 Å². The molecule has 6 atom stereocenters. The normalized spacial score (nSPS) is 26.7. The van der Waals surface area contributed by atoms with Crippen LogP contribution in [0.25, 0.3) is 0 Å². The summed E-state index contributed by atoms with van der Waals surface area (Å²) in [5.74, 6) is -0.859. The van der Waals surface area contributed by atoms with E-state index in [0.29, 0.717) is 36.7 Å². The number of aliphatic hydroxyl groups excluding tert-OH is 1. The molecule has 16 heteroatoms. The Morgan fingerprint density at radius 1 is 0.621 bits per heavy atom. The maximum atomic E-state index is 12.5. The number of hydrogen-bond acceptors (Lipinski definition) is 13. The number of ether oxygens (including phenoxy) is 5. The zero-order valence-electron chi connectivity index (χ0n) is 36.7. The highest BCUT2D eigenvalue weighted by molar-refractivity contribution is 8.00. The van der Waals surface area contributed by atoms with Gasteiger partial charge in [-0.2, -0.15) is 11.8 Å². The van der Waals surface area contributed by atoms with Crippen LogP contribution in [0.5, 0.6) is 0 Å². The van der Waals surface area contributed by atoms with E-state index in [0.717, 1.165) is 18.2 Å². The summed E-state index contributed by atoms with van der Waals surface area (Å²) in [6.07, 6.45) is 13.5. The van der Waals surface area contributed by atoms with Gasteiger partial charge in [-0.15, -0.1) is 11.8 Å². The second kappa shape index (κ2) is 24.1. The lowest BCUT2D eigenvalue weighted by molar-refractivity contribution is -0.658. The molecule has 2 saturated carbocycles. The third kappa shape index (κ3) is 17.3. The van der Waals surface area contributed by atoms with Gasteiger partial charge in [0.05, 0.1) is 44.8 Å². The van der Waals surface area contributed by atoms with Crippen molar-refractivity contribution in [3.63, 3.8) is 0 Å². The number of amides is 2. The van der Waals surface area contributed by atoms with Crippen LogP contribution in [-0.2, 0) is 38.1 Å². The Kier molecular flexibility index (Phi) is 20.8. The second-order valence-corrected chi connectivity index (χ2v) is 21.0. The summed E-state index contributed by atoms with van der Waals surface area (Å²) in [6.45, 7) is 17.0. The van der Waals surface area contributed by atoms with E-state index < -0.39 is 47.5 Å². The van der Waals surface area contributed by atoms with Crippen molar-refractivity contribution in [2.24, 2.45) is 0 Å². The number of carbonyl (C=O) groups is 5. The van der Waals surface area contributed by atoms with Gasteiger partial charge in [0.25, 0.3) is 0 Å². The van der Waals surface area contributed by atoms with Crippen molar-refractivity contribution in [3.8, 4) is 0 Å². The van der Waals surface area contributed by atoms with Crippen molar-refractivity contribution in [3.05, 3.63) is 0 Å². The van der Waals surface area contributed by atoms with Crippen LogP contribution >= 0.6 is 23.5 Å². The van der Waals surface area contributed by atoms with Gasteiger partial charge in [0, 0.05) is 35.1 Å². The topological polar surface area (TPSA) is 175 Å². The standard InChI is InChI=1S/C18H31NO4S.C13H23NO2S.C11H19NO5/c1-5-22-16(20)15-11-14(24-13-9-7-6-8-10-13)12-19(15)17(21)23-18(2,3)4;1-2-16-13(15)12-8-11(9-14-12)17-10-6-4-3-5-7-10;1-11(2,3)17-10(15)12-6-7(13)5-8(12)9(14)16-4/h13-15H,5-12H2,1-4H3;10-12,14H,2-9H2,1H3;7-8,13H,5-6H2,1-4H3/p+1/t14-,15?;11-,12?;7-,8?/m110/s1. The molecule has 0 spiro atoms. The van der Waals surface area contributed by atoms with Crippen LogP contribution in [0.1, 0.15) is 139 Å². The molecule has 5 rings (SSSR count). The minimum absolute atomic E-state index is 0.0146. The molecule has 5 aliphatic rings. The highest BCUT2D eigenvalue weighted by Gasteiger charge is 2.44. The van der Waals surface area contributed by atoms with Gasteiger partial charge >= 0.3 is 30.1 Å². The van der Waals surface area contributed by atoms with Crippen molar-refractivity contribution >= 4 is 53.6 Å². The van der Waals surface area contributed by atoms with Crippen LogP contribution in [-0.4, -0.2) is 141 Å². The fourth-order valence-corrected chi connectivity index (χ4v) is 11.2. The maximum absolute atomic E-state index is 12.5. The fraction of sp³-hybridized carbons (Fsp3) is 0.881. The number of carbonyl (C=O) groups excluding carboxylic acids is 5. The van der Waals surface area contributed by atoms with Crippen molar-refractivity contribution < 1.29 is 58.1 Å². The number of hydrogen-bond donors (Lipinski definition) is 2. The molecule has 0 aromatic carbocycles. The number of quaternary nitrogens is 1. The summed E-state index contributed by atoms with van der Waals surface area (Å²) in [5.41, 5.74) is -1.20. The van der Waals surface area contributed by atoms with Crippen molar-refractivity contribution in [2.45, 2.75) is 195 Å². The van der Waals surface area contributed by atoms with Crippen molar-refractivity contribution in [2.75, 3.05) is 40.0 Å². The van der Waals surface area contributed by atoms with E-state index in [1.807, 2.05) is 39.5 Å². The Balaban J connectivity index is 0.000000238. The summed E-state index contributed by atoms with van der Waals surface area (Å²) in [6, 6.07) is -1.21. The summed E-state index contributed by atoms with van der Waals surface area (Å²) >= 11 is 4.08. The van der Waals surface area contributed by atoms with Crippen LogP contribution in [0.15, 0.2) is 0 Å². The number of esters is 3. The lowest BCUT2D eigenvalue weighted by atomic mass is 10.0. The first-order chi connectivity index (χ1) is 27.3. The molecule has 3 aliphatic heterocycles. The van der Waals surface area contributed by atoms with E-state index in [4.69, 9.17) is 18.9 Å². The molecule has 14 nitrogen and oxygen atoms in total. The van der Waals surface area contributed by atoms with Crippen LogP contribution in [0.2, 0.25) is 0 Å². The molecule has 3 heterocycles. The first-order valence-electron chi connectivity index (χ1n) is 21.6. The molecule has 5 fully saturated rings. The molecule has 0 aromatic rings. The minimum atomic E-state index is -0.759. The molecule has 0 aromatic heterocycles. The molecule has 0 radical (unpaired) electrons. The molecule has 0 bridgehead atoms. The fourth-order valence-electron chi connectivity index (χ4n) is 7.87. The lowest BCUT2D eigenvalue weighted by Crippen LogP contribution is -2.89. The summed E-state index contributed by atoms with van der Waals surface area (Å²) in [4.78, 5) is 62.5. The quantitative estimate of drug-likeness (QED) is 0.209. The Morgan fingerprint density at radius 3 is 1.57 bits per heavy atom. The molecule has 3 unspecified atom stereocenters. The van der Waals surface area contributed by atoms with E-state index in [9.17, 15) is 29.1 Å². The van der Waals surface area contributed by atoms with Gasteiger partial charge in [0.2, 0.25) is 0 Å². The molecule has 2 aliphatic carbocycles. The average Bonchev–Trinajstić information content (AvgIpc) is 3.91. The number of nitrogens with two attached hydrogens (primary N) is 1. The number of aliphatic hydroxyl groups is 1. The van der Waals surface area contributed by atoms with E-state index >= 15 is 0 Å². The number of nitrogens with zero attached hydrogens (tertiary/aromatic N) is 2. The lowest BCUT2D eigenvalue weighted by Gasteiger charge is -2.27. The molecule has 3 saturated heterocycles. The third-order valence-corrected chi connectivity index (χ3v) is 13.7. The van der Waals surface area contributed by atoms with E-state index in [-0.39, 0.29) is 36.2 Å². The SMILES string of the molecule is CCOC(=O)C1C[C@@H](SC2CCCCC2)CN1C(=O)OC(C)(C)C.CCOC(=O)C1C[C@@H](SC2CCCCC2)C[NH2+]1.COC(=O)C1C[C@H](O)CN1C(=O)OC(C)(C)C. The van der Waals surface area contributed by atoms with Crippen LogP contribution in [0.3, 0.4) is 0 Å². The molecule has 334 valence electrons. The number of β-amino-alcohol motifs (C(OH)–C–C–N with tert-alkyl or cyclic N) is 1. The largest absolute Gasteiger partial charge is 0.467 e. The zero-order chi connectivity index (χ0) is 43.0. The first kappa shape index (κ1) is 49.9. The predicted octanol–water partition coefficient (Wildman–Crippen LogP) is 5.84. The minimum Gasteiger partial charge on any atom is -0.467 e. The van der Waals surface area contributed by atoms with Gasteiger partial charge < -0.3 is 34.1 Å². The molecule has 3 N–H and O–H groups in total. The van der Waals surface area contributed by atoms with Gasteiger partial charge in [-0.1, -0.05) is 38.5 Å². The van der Waals surface area contributed by atoms with Crippen molar-refractivity contribution in [1.82, 2.24) is 9.80 Å². The van der Waals surface area contributed by atoms with E-state index in [1.165, 1.54) is 76.2 Å². The van der Waals surface area contributed by atoms with E-state index in [1.54, 1.807) is 32.6 Å². The van der Waals surface area contributed by atoms with Gasteiger partial charge in [-0.25, -0.2) is 24.0 Å². The zero-order valence-corrected chi connectivity index (χ0v) is 38.3. The molecular formula is C42H74N3O11S2+. The number of likely N-dealkylation sites (tertiary alicyclic amines) is 2. The highest BCUT2D eigenvalue weighted by atomic mass is 32.2. The third-order valence-electron chi connectivity index (χ3n) is 10.5. The monoisotopic (exact) mass is 860 g/mol. The maximum Gasteiger partial charge on any atom is 0.411 e. The molecule has 58 heavy (non-hydrogen) atoms. The average molecular weight is 861 g/mol. The first-order valence-corrected chi connectivity index (χ1v) is 23.4. The number of methoxy groups -OCH3 is 1. The summed E-state index contributed by atoms with van der Waals surface area (Å²) in [5, 5.41) is 14.1. The summed E-state index contributed by atoms with van der Waals surface area (Å²) < 4.78 is 25.5. The Hall–Kier alpha value is -2.43. The Morgan fingerprint density at radius 2 is 1.09 bits per heavy atom. The summed E-state index contributed by atoms with van der Waals surface area (Å²) in [7, 11) is 1.25. The van der Waals surface area contributed by atoms with Gasteiger partial charge in [-0.05, 0) is 87.5 Å². The highest BCUT2D eigenvalue weighted by Crippen LogP contribution is 2.37. The van der Waals surface area contributed by atoms with Crippen molar-refractivity contribution in [1.29, 1.82) is 0 Å². The second-order valence-electron chi connectivity index (χ2n) is 17.8. The van der Waals surface area contributed by atoms with Gasteiger partial charge in [-0.3, -0.25) is 9.80 Å². The van der Waals surface area contributed by atoms with Gasteiger partial charge in [0.1, 0.15) is 23.3 Å². The predicted molar refractivity (Wildman–Crippen MR) is 226 cm³/mol. The van der Waals surface area contributed by atoms with Crippen LogP contribution < -0.4 is 5.32 Å². The van der Waals surface area contributed by atoms with Gasteiger partial charge in [0.15, 0.2) is 6.04 Å². The molecule has 2 amide bonds. The number of thioether (sulfide) groups is 2. The van der Waals surface area contributed by atoms with E-state index in [2.05, 4.69) is 21.8 Å². The molecular weight excluding hydrogens is 787 g/mol. The number of rotatable bonds is 9. The Bertz CT molecular complexity index is 1310. The van der Waals surface area contributed by atoms with Crippen LogP contribution in [0.4, 0.5) is 9.59 Å².